The number of piperazine rings is 1. The quantitative estimate of drug-likeness (QED) is 0.752. The number of hydrogen-bond acceptors (Lipinski definition) is 5. The third kappa shape index (κ3) is 4.54. The SMILES string of the molecule is COc1ccccc1N1CCN(CCCCn2ccc(=O)[nH]c2=O)CC1. The van der Waals surface area contributed by atoms with Crippen LogP contribution in [0.1, 0.15) is 12.8 Å². The lowest BCUT2D eigenvalue weighted by Gasteiger charge is -2.36. The number of para-hydroxylation sites is 2. The van der Waals surface area contributed by atoms with Crippen LogP contribution in [0.2, 0.25) is 0 Å². The summed E-state index contributed by atoms with van der Waals surface area (Å²) in [5, 5.41) is 0. The van der Waals surface area contributed by atoms with Crippen LogP contribution in [-0.2, 0) is 6.54 Å². The number of nitrogens with one attached hydrogen (secondary N) is 1. The van der Waals surface area contributed by atoms with Crippen LogP contribution in [-0.4, -0.2) is 54.3 Å². The number of rotatable bonds is 7. The van der Waals surface area contributed by atoms with Gasteiger partial charge in [-0.15, -0.1) is 0 Å². The van der Waals surface area contributed by atoms with Crippen molar-refractivity contribution in [3.8, 4) is 5.75 Å². The number of methoxy groups -OCH3 is 1. The van der Waals surface area contributed by atoms with Crippen molar-refractivity contribution < 1.29 is 4.74 Å². The van der Waals surface area contributed by atoms with E-state index in [4.69, 9.17) is 4.74 Å². The largest absolute Gasteiger partial charge is 0.495 e. The number of aromatic nitrogens is 2. The lowest BCUT2D eigenvalue weighted by Crippen LogP contribution is -2.46. The fourth-order valence-electron chi connectivity index (χ4n) is 3.34. The zero-order chi connectivity index (χ0) is 18.4. The van der Waals surface area contributed by atoms with Gasteiger partial charge in [-0.05, 0) is 31.5 Å². The van der Waals surface area contributed by atoms with Crippen molar-refractivity contribution in [1.29, 1.82) is 0 Å². The molecule has 0 amide bonds. The zero-order valence-corrected chi connectivity index (χ0v) is 15.2. The van der Waals surface area contributed by atoms with Gasteiger partial charge in [0.2, 0.25) is 0 Å². The summed E-state index contributed by atoms with van der Waals surface area (Å²) < 4.78 is 7.02. The third-order valence-electron chi connectivity index (χ3n) is 4.82. The molecule has 0 spiro atoms. The first kappa shape index (κ1) is 18.3. The molecule has 0 radical (unpaired) electrons. The molecule has 1 aliphatic heterocycles. The molecule has 26 heavy (non-hydrogen) atoms. The fraction of sp³-hybridized carbons (Fsp3) is 0.474. The van der Waals surface area contributed by atoms with Gasteiger partial charge < -0.3 is 14.2 Å². The van der Waals surface area contributed by atoms with Crippen LogP contribution in [0.25, 0.3) is 0 Å². The molecule has 2 heterocycles. The predicted octanol–water partition coefficient (Wildman–Crippen LogP) is 1.15. The van der Waals surface area contributed by atoms with Crippen molar-refractivity contribution in [2.75, 3.05) is 44.7 Å². The van der Waals surface area contributed by atoms with Crippen LogP contribution in [0.15, 0.2) is 46.1 Å². The lowest BCUT2D eigenvalue weighted by molar-refractivity contribution is 0.250. The number of aryl methyl sites for hydroxylation is 1. The lowest BCUT2D eigenvalue weighted by atomic mass is 10.2. The molecule has 7 heteroatoms. The summed E-state index contributed by atoms with van der Waals surface area (Å²) in [7, 11) is 1.71. The number of nitrogens with zero attached hydrogens (tertiary/aromatic N) is 3. The highest BCUT2D eigenvalue weighted by molar-refractivity contribution is 5.58. The maximum absolute atomic E-state index is 11.6. The highest BCUT2D eigenvalue weighted by Gasteiger charge is 2.18. The molecule has 1 fully saturated rings. The number of H-pyrrole nitrogens is 1. The molecule has 1 aromatic carbocycles. The van der Waals surface area contributed by atoms with Gasteiger partial charge in [-0.25, -0.2) is 4.79 Å². The van der Waals surface area contributed by atoms with E-state index in [2.05, 4.69) is 20.9 Å². The number of ether oxygens (including phenoxy) is 1. The summed E-state index contributed by atoms with van der Waals surface area (Å²) in [6, 6.07) is 9.53. The maximum atomic E-state index is 11.6. The number of benzene rings is 1. The van der Waals surface area contributed by atoms with Crippen LogP contribution < -0.4 is 20.9 Å². The van der Waals surface area contributed by atoms with Gasteiger partial charge in [0.1, 0.15) is 5.75 Å². The first-order valence-electron chi connectivity index (χ1n) is 9.07. The van der Waals surface area contributed by atoms with E-state index in [1.165, 1.54) is 6.07 Å². The number of hydrogen-bond donors (Lipinski definition) is 1. The van der Waals surface area contributed by atoms with Crippen molar-refractivity contribution in [1.82, 2.24) is 14.5 Å². The summed E-state index contributed by atoms with van der Waals surface area (Å²) in [6.07, 6.45) is 3.51. The molecule has 0 atom stereocenters. The minimum atomic E-state index is -0.348. The summed E-state index contributed by atoms with van der Waals surface area (Å²) in [6.45, 7) is 5.68. The molecule has 0 saturated carbocycles. The molecule has 0 bridgehead atoms. The summed E-state index contributed by atoms with van der Waals surface area (Å²) in [5.74, 6) is 0.923. The topological polar surface area (TPSA) is 70.6 Å². The van der Waals surface area contributed by atoms with E-state index in [1.54, 1.807) is 17.9 Å². The minimum Gasteiger partial charge on any atom is -0.495 e. The molecule has 0 aliphatic carbocycles. The Morgan fingerprint density at radius 2 is 1.73 bits per heavy atom. The van der Waals surface area contributed by atoms with Gasteiger partial charge in [-0.2, -0.15) is 0 Å². The Morgan fingerprint density at radius 1 is 1.00 bits per heavy atom. The predicted molar refractivity (Wildman–Crippen MR) is 102 cm³/mol. The van der Waals surface area contributed by atoms with E-state index in [1.807, 2.05) is 18.2 Å². The first-order chi connectivity index (χ1) is 12.7. The van der Waals surface area contributed by atoms with Crippen LogP contribution in [0.4, 0.5) is 5.69 Å². The van der Waals surface area contributed by atoms with Gasteiger partial charge in [-0.3, -0.25) is 14.7 Å². The van der Waals surface area contributed by atoms with Crippen molar-refractivity contribution in [3.63, 3.8) is 0 Å². The Balaban J connectivity index is 1.42. The Labute approximate surface area is 152 Å². The monoisotopic (exact) mass is 358 g/mol. The normalized spacial score (nSPS) is 15.2. The first-order valence-corrected chi connectivity index (χ1v) is 9.07. The van der Waals surface area contributed by atoms with Gasteiger partial charge in [-0.1, -0.05) is 12.1 Å². The number of aromatic amines is 1. The molecule has 3 rings (SSSR count). The van der Waals surface area contributed by atoms with Gasteiger partial charge in [0.15, 0.2) is 0 Å². The summed E-state index contributed by atoms with van der Waals surface area (Å²) >= 11 is 0. The van der Waals surface area contributed by atoms with Crippen LogP contribution in [0.3, 0.4) is 0 Å². The molecule has 7 nitrogen and oxygen atoms in total. The Morgan fingerprint density at radius 3 is 2.46 bits per heavy atom. The average Bonchev–Trinajstić information content (AvgIpc) is 2.67. The van der Waals surface area contributed by atoms with Crippen LogP contribution in [0.5, 0.6) is 5.75 Å². The van der Waals surface area contributed by atoms with E-state index in [9.17, 15) is 9.59 Å². The zero-order valence-electron chi connectivity index (χ0n) is 15.2. The number of anilines is 1. The van der Waals surface area contributed by atoms with E-state index in [0.717, 1.165) is 57.0 Å². The molecule has 0 unspecified atom stereocenters. The van der Waals surface area contributed by atoms with Crippen molar-refractivity contribution in [2.24, 2.45) is 0 Å². The Kier molecular flexibility index (Phi) is 6.12. The highest BCUT2D eigenvalue weighted by atomic mass is 16.5. The minimum absolute atomic E-state index is 0.331. The van der Waals surface area contributed by atoms with Crippen molar-refractivity contribution >= 4 is 5.69 Å². The van der Waals surface area contributed by atoms with Gasteiger partial charge >= 0.3 is 5.69 Å². The van der Waals surface area contributed by atoms with E-state index in [-0.39, 0.29) is 11.2 Å². The second-order valence-corrected chi connectivity index (χ2v) is 6.51. The molecule has 1 aromatic heterocycles. The van der Waals surface area contributed by atoms with E-state index in [0.29, 0.717) is 6.54 Å². The van der Waals surface area contributed by atoms with Crippen LogP contribution >= 0.6 is 0 Å². The summed E-state index contributed by atoms with van der Waals surface area (Å²) in [5.41, 5.74) is 0.481. The molecule has 2 aromatic rings. The van der Waals surface area contributed by atoms with Crippen LogP contribution in [0, 0.1) is 0 Å². The van der Waals surface area contributed by atoms with Gasteiger partial charge in [0.05, 0.1) is 12.8 Å². The standard InChI is InChI=1S/C19H26N4O3/c1-26-17-7-3-2-6-16(17)22-14-12-21(13-15-22)9-4-5-10-23-11-8-18(24)20-19(23)25/h2-3,6-8,11H,4-5,9-10,12-15H2,1H3,(H,20,24,25). The Hall–Kier alpha value is -2.54. The second-order valence-electron chi connectivity index (χ2n) is 6.51. The Bertz CT molecular complexity index is 822. The molecular formula is C19H26N4O3. The smallest absolute Gasteiger partial charge is 0.328 e. The number of unbranched alkanes of at least 4 members (excludes halogenated alkanes) is 1. The fourth-order valence-corrected chi connectivity index (χ4v) is 3.34. The van der Waals surface area contributed by atoms with Gasteiger partial charge in [0.25, 0.3) is 5.56 Å². The molecule has 1 aliphatic rings. The molecule has 1 N–H and O–H groups in total. The van der Waals surface area contributed by atoms with Crippen molar-refractivity contribution in [2.45, 2.75) is 19.4 Å². The highest BCUT2D eigenvalue weighted by Crippen LogP contribution is 2.28. The second kappa shape index (κ2) is 8.71. The molecule has 140 valence electrons. The third-order valence-corrected chi connectivity index (χ3v) is 4.82. The van der Waals surface area contributed by atoms with E-state index >= 15 is 0 Å². The summed E-state index contributed by atoms with van der Waals surface area (Å²) in [4.78, 5) is 29.8. The average molecular weight is 358 g/mol. The molecule has 1 saturated heterocycles. The van der Waals surface area contributed by atoms with Gasteiger partial charge in [0, 0.05) is 45.0 Å². The van der Waals surface area contributed by atoms with Crippen molar-refractivity contribution in [3.05, 3.63) is 57.4 Å². The maximum Gasteiger partial charge on any atom is 0.328 e. The molecular weight excluding hydrogens is 332 g/mol. The van der Waals surface area contributed by atoms with E-state index < -0.39 is 0 Å².